The van der Waals surface area contributed by atoms with Crippen molar-refractivity contribution in [2.45, 2.75) is 32.3 Å². The van der Waals surface area contributed by atoms with Crippen LogP contribution in [0.15, 0.2) is 40.9 Å². The first-order valence-corrected chi connectivity index (χ1v) is 8.99. The van der Waals surface area contributed by atoms with Gasteiger partial charge >= 0.3 is 5.97 Å². The molecule has 0 fully saturated rings. The second-order valence-electron chi connectivity index (χ2n) is 6.10. The number of esters is 1. The van der Waals surface area contributed by atoms with E-state index < -0.39 is 12.1 Å². The highest BCUT2D eigenvalue weighted by Gasteiger charge is 2.22. The molecule has 2 aromatic carbocycles. The highest BCUT2D eigenvalue weighted by atomic mass is 79.9. The first kappa shape index (κ1) is 17.7. The maximum atomic E-state index is 12.6. The maximum absolute atomic E-state index is 12.6. The number of benzene rings is 2. The Kier molecular flexibility index (Phi) is 5.23. The monoisotopic (exact) mass is 402 g/mol. The van der Waals surface area contributed by atoms with Gasteiger partial charge in [-0.25, -0.2) is 4.79 Å². The molecule has 3 rings (SSSR count). The first-order chi connectivity index (χ1) is 12.0. The summed E-state index contributed by atoms with van der Waals surface area (Å²) in [5, 5.41) is 0. The van der Waals surface area contributed by atoms with E-state index >= 15 is 0 Å². The van der Waals surface area contributed by atoms with Gasteiger partial charge in [0.25, 0.3) is 0 Å². The molecular formula is C20H19BrO4. The Balaban J connectivity index is 1.70. The van der Waals surface area contributed by atoms with Gasteiger partial charge in [-0.2, -0.15) is 0 Å². The van der Waals surface area contributed by atoms with Crippen molar-refractivity contribution >= 4 is 27.7 Å². The molecule has 0 saturated heterocycles. The minimum absolute atomic E-state index is 0.185. The van der Waals surface area contributed by atoms with Crippen molar-refractivity contribution < 1.29 is 19.1 Å². The van der Waals surface area contributed by atoms with Crippen LogP contribution in [0.5, 0.6) is 5.75 Å². The molecule has 0 amide bonds. The van der Waals surface area contributed by atoms with E-state index in [1.807, 2.05) is 18.2 Å². The number of fused-ring (bicyclic) bond motifs is 1. The number of Topliss-reactive ketones (excluding diaryl/α,β-unsaturated/α-hetero) is 1. The summed E-state index contributed by atoms with van der Waals surface area (Å²) in [6, 6.07) is 10.7. The minimum atomic E-state index is -0.840. The molecule has 1 aliphatic rings. The largest absolute Gasteiger partial charge is 0.496 e. The fourth-order valence-corrected chi connectivity index (χ4v) is 3.58. The van der Waals surface area contributed by atoms with E-state index in [2.05, 4.69) is 15.9 Å². The van der Waals surface area contributed by atoms with Crippen molar-refractivity contribution in [1.29, 1.82) is 0 Å². The Labute approximate surface area is 155 Å². The second-order valence-corrected chi connectivity index (χ2v) is 6.95. The Morgan fingerprint density at radius 3 is 2.48 bits per heavy atom. The van der Waals surface area contributed by atoms with Gasteiger partial charge in [0.2, 0.25) is 5.78 Å². The molecule has 1 aliphatic carbocycles. The lowest BCUT2D eigenvalue weighted by Gasteiger charge is -2.14. The normalized spacial score (nSPS) is 13.9. The van der Waals surface area contributed by atoms with Gasteiger partial charge in [-0.3, -0.25) is 4.79 Å². The molecule has 0 saturated carbocycles. The molecule has 0 bridgehead atoms. The molecule has 4 nitrogen and oxygen atoms in total. The molecule has 2 aromatic rings. The molecule has 0 radical (unpaired) electrons. The molecule has 0 spiro atoms. The highest BCUT2D eigenvalue weighted by Crippen LogP contribution is 2.26. The number of ketones is 1. The Bertz CT molecular complexity index is 828. The third kappa shape index (κ3) is 3.76. The van der Waals surface area contributed by atoms with Crippen molar-refractivity contribution in [1.82, 2.24) is 0 Å². The molecule has 0 aliphatic heterocycles. The lowest BCUT2D eigenvalue weighted by molar-refractivity contribution is 0.0318. The predicted molar refractivity (Wildman–Crippen MR) is 98.4 cm³/mol. The molecule has 0 N–H and O–H groups in total. The standard InChI is InChI=1S/C20H19BrO4/c1-12(19(22)15-7-6-13-4-3-5-14(13)10-15)25-20(23)16-8-9-18(24-2)17(21)11-16/h6-12H,3-5H2,1-2H3/t12-/m0/s1. The Morgan fingerprint density at radius 2 is 1.76 bits per heavy atom. The molecule has 130 valence electrons. The SMILES string of the molecule is COc1ccc(C(=O)O[C@@H](C)C(=O)c2ccc3c(c2)CCC3)cc1Br. The number of aryl methyl sites for hydroxylation is 2. The van der Waals surface area contributed by atoms with E-state index in [1.165, 1.54) is 11.1 Å². The number of hydrogen-bond acceptors (Lipinski definition) is 4. The van der Waals surface area contributed by atoms with Gasteiger partial charge in [-0.1, -0.05) is 12.1 Å². The number of carbonyl (C=O) groups is 2. The predicted octanol–water partition coefficient (Wildman–Crippen LogP) is 4.37. The van der Waals surface area contributed by atoms with Gasteiger partial charge in [0.15, 0.2) is 6.10 Å². The van der Waals surface area contributed by atoms with Crippen LogP contribution >= 0.6 is 15.9 Å². The highest BCUT2D eigenvalue weighted by molar-refractivity contribution is 9.10. The summed E-state index contributed by atoms with van der Waals surface area (Å²) in [5.41, 5.74) is 3.49. The number of hydrogen-bond donors (Lipinski definition) is 0. The van der Waals surface area contributed by atoms with Crippen LogP contribution in [0.25, 0.3) is 0 Å². The van der Waals surface area contributed by atoms with Crippen molar-refractivity contribution in [2.75, 3.05) is 7.11 Å². The molecule has 0 heterocycles. The maximum Gasteiger partial charge on any atom is 0.338 e. The lowest BCUT2D eigenvalue weighted by atomic mass is 10.0. The zero-order valence-electron chi connectivity index (χ0n) is 14.2. The number of ether oxygens (including phenoxy) is 2. The average Bonchev–Trinajstić information content (AvgIpc) is 3.08. The molecule has 25 heavy (non-hydrogen) atoms. The van der Waals surface area contributed by atoms with E-state index in [-0.39, 0.29) is 5.78 Å². The summed E-state index contributed by atoms with van der Waals surface area (Å²) < 4.78 is 11.1. The summed E-state index contributed by atoms with van der Waals surface area (Å²) >= 11 is 3.34. The Hall–Kier alpha value is -2.14. The second kappa shape index (κ2) is 7.40. The van der Waals surface area contributed by atoms with Crippen LogP contribution in [0.2, 0.25) is 0 Å². The van der Waals surface area contributed by atoms with Crippen LogP contribution in [0.3, 0.4) is 0 Å². The molecule has 0 unspecified atom stereocenters. The third-order valence-corrected chi connectivity index (χ3v) is 5.04. The lowest BCUT2D eigenvalue weighted by Crippen LogP contribution is -2.24. The van der Waals surface area contributed by atoms with Crippen LogP contribution in [0, 0.1) is 0 Å². The summed E-state index contributed by atoms with van der Waals surface area (Å²) in [4.78, 5) is 24.9. The summed E-state index contributed by atoms with van der Waals surface area (Å²) in [7, 11) is 1.55. The van der Waals surface area contributed by atoms with Crippen molar-refractivity contribution in [2.24, 2.45) is 0 Å². The number of halogens is 1. The molecule has 1 atom stereocenters. The zero-order chi connectivity index (χ0) is 18.0. The summed E-state index contributed by atoms with van der Waals surface area (Å²) in [6.07, 6.45) is 2.36. The van der Waals surface area contributed by atoms with Gasteiger partial charge in [0.1, 0.15) is 5.75 Å². The zero-order valence-corrected chi connectivity index (χ0v) is 15.8. The molecule has 5 heteroatoms. The van der Waals surface area contributed by atoms with Crippen molar-refractivity contribution in [3.05, 3.63) is 63.1 Å². The molecular weight excluding hydrogens is 384 g/mol. The molecule has 0 aromatic heterocycles. The fourth-order valence-electron chi connectivity index (χ4n) is 3.04. The van der Waals surface area contributed by atoms with E-state index in [4.69, 9.17) is 9.47 Å². The quantitative estimate of drug-likeness (QED) is 0.550. The topological polar surface area (TPSA) is 52.6 Å². The van der Waals surface area contributed by atoms with Crippen LogP contribution in [-0.2, 0) is 17.6 Å². The van der Waals surface area contributed by atoms with Crippen molar-refractivity contribution in [3.8, 4) is 5.75 Å². The number of carbonyl (C=O) groups excluding carboxylic acids is 2. The van der Waals surface area contributed by atoms with E-state index in [1.54, 1.807) is 32.2 Å². The first-order valence-electron chi connectivity index (χ1n) is 8.20. The van der Waals surface area contributed by atoms with Crippen LogP contribution in [-0.4, -0.2) is 25.0 Å². The van der Waals surface area contributed by atoms with E-state index in [0.717, 1.165) is 19.3 Å². The van der Waals surface area contributed by atoms with Crippen LogP contribution < -0.4 is 4.74 Å². The van der Waals surface area contributed by atoms with Gasteiger partial charge in [0.05, 0.1) is 17.1 Å². The fraction of sp³-hybridized carbons (Fsp3) is 0.300. The smallest absolute Gasteiger partial charge is 0.338 e. The summed E-state index contributed by atoms with van der Waals surface area (Å²) in [5.74, 6) is -0.0974. The average molecular weight is 403 g/mol. The minimum Gasteiger partial charge on any atom is -0.496 e. The van der Waals surface area contributed by atoms with E-state index in [9.17, 15) is 9.59 Å². The number of rotatable bonds is 5. The van der Waals surface area contributed by atoms with Crippen LogP contribution in [0.1, 0.15) is 45.2 Å². The van der Waals surface area contributed by atoms with Crippen LogP contribution in [0.4, 0.5) is 0 Å². The van der Waals surface area contributed by atoms with Gasteiger partial charge < -0.3 is 9.47 Å². The van der Waals surface area contributed by atoms with E-state index in [0.29, 0.717) is 21.3 Å². The van der Waals surface area contributed by atoms with Gasteiger partial charge in [0, 0.05) is 5.56 Å². The van der Waals surface area contributed by atoms with Gasteiger partial charge in [-0.15, -0.1) is 0 Å². The number of methoxy groups -OCH3 is 1. The summed E-state index contributed by atoms with van der Waals surface area (Å²) in [6.45, 7) is 1.60. The van der Waals surface area contributed by atoms with Crippen molar-refractivity contribution in [3.63, 3.8) is 0 Å². The van der Waals surface area contributed by atoms with Gasteiger partial charge in [-0.05, 0) is 77.5 Å². The Morgan fingerprint density at radius 1 is 1.04 bits per heavy atom. The third-order valence-electron chi connectivity index (χ3n) is 4.42.